The molecule has 0 radical (unpaired) electrons. The topological polar surface area (TPSA) is 49.3 Å². The molecule has 1 saturated carbocycles. The van der Waals surface area contributed by atoms with Crippen molar-refractivity contribution in [1.29, 1.82) is 0 Å². The summed E-state index contributed by atoms with van der Waals surface area (Å²) < 4.78 is 26.2. The Labute approximate surface area is 127 Å². The zero-order chi connectivity index (χ0) is 15.3. The van der Waals surface area contributed by atoms with Crippen LogP contribution in [0.3, 0.4) is 0 Å². The predicted molar refractivity (Wildman–Crippen MR) is 78.1 cm³/mol. The van der Waals surface area contributed by atoms with Crippen molar-refractivity contribution in [2.45, 2.75) is 30.6 Å². The fraction of sp³-hybridized carbons (Fsp3) is 0.533. The molecule has 0 bridgehead atoms. The number of aliphatic hydroxyl groups is 1. The largest absolute Gasteiger partial charge is 0.396 e. The molecular formula is C15H19F2NO2S. The van der Waals surface area contributed by atoms with Gasteiger partial charge in [0.2, 0.25) is 5.91 Å². The molecule has 1 aromatic carbocycles. The first-order valence-electron chi connectivity index (χ1n) is 7.00. The molecule has 1 aliphatic carbocycles. The van der Waals surface area contributed by atoms with Crippen molar-refractivity contribution in [1.82, 2.24) is 5.32 Å². The quantitative estimate of drug-likeness (QED) is 0.794. The van der Waals surface area contributed by atoms with Gasteiger partial charge in [0.05, 0.1) is 12.4 Å². The maximum atomic E-state index is 13.4. The molecule has 0 aliphatic heterocycles. The maximum absolute atomic E-state index is 13.4. The molecule has 0 atom stereocenters. The summed E-state index contributed by atoms with van der Waals surface area (Å²) in [5, 5.41) is 12.3. The molecule has 1 fully saturated rings. The number of rotatable bonds is 6. The van der Waals surface area contributed by atoms with Crippen LogP contribution in [-0.2, 0) is 4.79 Å². The number of amides is 1. The fourth-order valence-corrected chi connectivity index (χ4v) is 3.34. The highest BCUT2D eigenvalue weighted by molar-refractivity contribution is 8.00. The molecule has 116 valence electrons. The molecule has 1 amide bonds. The Bertz CT molecular complexity index is 504. The fourth-order valence-electron chi connectivity index (χ4n) is 2.59. The van der Waals surface area contributed by atoms with E-state index in [2.05, 4.69) is 5.32 Å². The lowest BCUT2D eigenvalue weighted by Gasteiger charge is -2.26. The summed E-state index contributed by atoms with van der Waals surface area (Å²) >= 11 is 1.04. The van der Waals surface area contributed by atoms with Gasteiger partial charge in [-0.3, -0.25) is 4.79 Å². The molecular weight excluding hydrogens is 296 g/mol. The van der Waals surface area contributed by atoms with Crippen LogP contribution in [0.4, 0.5) is 8.78 Å². The number of halogens is 2. The van der Waals surface area contributed by atoms with Crippen molar-refractivity contribution in [3.05, 3.63) is 29.8 Å². The minimum atomic E-state index is -0.657. The molecule has 0 unspecified atom stereocenters. The van der Waals surface area contributed by atoms with Crippen LogP contribution in [0.5, 0.6) is 0 Å². The second-order valence-corrected chi connectivity index (χ2v) is 6.52. The molecule has 6 heteroatoms. The minimum Gasteiger partial charge on any atom is -0.396 e. The van der Waals surface area contributed by atoms with Gasteiger partial charge in [-0.2, -0.15) is 0 Å². The number of aliphatic hydroxyl groups excluding tert-OH is 1. The molecule has 0 spiro atoms. The SMILES string of the molecule is O=C(CSc1ccc(F)cc1F)NCC1(CO)CCCC1. The van der Waals surface area contributed by atoms with Crippen molar-refractivity contribution >= 4 is 17.7 Å². The van der Waals surface area contributed by atoms with Gasteiger partial charge < -0.3 is 10.4 Å². The first-order valence-corrected chi connectivity index (χ1v) is 7.99. The number of hydrogen-bond donors (Lipinski definition) is 2. The second kappa shape index (κ2) is 7.22. The monoisotopic (exact) mass is 315 g/mol. The van der Waals surface area contributed by atoms with Crippen LogP contribution in [0.2, 0.25) is 0 Å². The number of carbonyl (C=O) groups is 1. The van der Waals surface area contributed by atoms with Crippen molar-refractivity contribution in [2.24, 2.45) is 5.41 Å². The van der Waals surface area contributed by atoms with Crippen molar-refractivity contribution in [3.8, 4) is 0 Å². The molecule has 21 heavy (non-hydrogen) atoms. The lowest BCUT2D eigenvalue weighted by molar-refractivity contribution is -0.119. The molecule has 0 heterocycles. The van der Waals surface area contributed by atoms with E-state index in [0.717, 1.165) is 43.5 Å². The molecule has 0 aromatic heterocycles. The Morgan fingerprint density at radius 1 is 1.33 bits per heavy atom. The van der Waals surface area contributed by atoms with E-state index in [1.54, 1.807) is 0 Å². The average Bonchev–Trinajstić information content (AvgIpc) is 2.94. The van der Waals surface area contributed by atoms with Gasteiger partial charge in [-0.15, -0.1) is 11.8 Å². The Morgan fingerprint density at radius 2 is 2.05 bits per heavy atom. The van der Waals surface area contributed by atoms with Gasteiger partial charge in [0.15, 0.2) is 0 Å². The van der Waals surface area contributed by atoms with Gasteiger partial charge in [0.25, 0.3) is 0 Å². The molecule has 3 nitrogen and oxygen atoms in total. The Morgan fingerprint density at radius 3 is 2.67 bits per heavy atom. The van der Waals surface area contributed by atoms with Gasteiger partial charge in [0.1, 0.15) is 11.6 Å². The highest BCUT2D eigenvalue weighted by Gasteiger charge is 2.33. The number of thioether (sulfide) groups is 1. The summed E-state index contributed by atoms with van der Waals surface area (Å²) in [7, 11) is 0. The van der Waals surface area contributed by atoms with Crippen LogP contribution < -0.4 is 5.32 Å². The number of carbonyl (C=O) groups excluding carboxylic acids is 1. The summed E-state index contributed by atoms with van der Waals surface area (Å²) in [5.74, 6) is -1.42. The third kappa shape index (κ3) is 4.41. The van der Waals surface area contributed by atoms with E-state index in [0.29, 0.717) is 6.54 Å². The highest BCUT2D eigenvalue weighted by Crippen LogP contribution is 2.36. The van der Waals surface area contributed by atoms with Gasteiger partial charge in [-0.05, 0) is 25.0 Å². The van der Waals surface area contributed by atoms with Crippen LogP contribution in [0.1, 0.15) is 25.7 Å². The lowest BCUT2D eigenvalue weighted by Crippen LogP contribution is -2.39. The Hall–Kier alpha value is -1.14. The minimum absolute atomic E-state index is 0.0735. The van der Waals surface area contributed by atoms with Gasteiger partial charge >= 0.3 is 0 Å². The van der Waals surface area contributed by atoms with E-state index < -0.39 is 11.6 Å². The van der Waals surface area contributed by atoms with E-state index >= 15 is 0 Å². The van der Waals surface area contributed by atoms with E-state index in [1.165, 1.54) is 12.1 Å². The number of nitrogens with one attached hydrogen (secondary N) is 1. The van der Waals surface area contributed by atoms with E-state index in [4.69, 9.17) is 0 Å². The molecule has 1 aliphatic rings. The molecule has 2 N–H and O–H groups in total. The zero-order valence-electron chi connectivity index (χ0n) is 11.7. The maximum Gasteiger partial charge on any atom is 0.230 e. The van der Waals surface area contributed by atoms with Gasteiger partial charge in [-0.25, -0.2) is 8.78 Å². The van der Waals surface area contributed by atoms with Crippen molar-refractivity contribution in [2.75, 3.05) is 18.9 Å². The standard InChI is InChI=1S/C15H19F2NO2S/c16-11-3-4-13(12(17)7-11)21-8-14(20)18-9-15(10-19)5-1-2-6-15/h3-4,7,19H,1-2,5-6,8-10H2,(H,18,20). The van der Waals surface area contributed by atoms with Crippen LogP contribution in [0.25, 0.3) is 0 Å². The highest BCUT2D eigenvalue weighted by atomic mass is 32.2. The predicted octanol–water partition coefficient (Wildman–Crippen LogP) is 2.73. The summed E-state index contributed by atoms with van der Waals surface area (Å²) in [5.41, 5.74) is -0.193. The van der Waals surface area contributed by atoms with Gasteiger partial charge in [0, 0.05) is 22.9 Å². The first-order chi connectivity index (χ1) is 10.0. The summed E-state index contributed by atoms with van der Waals surface area (Å²) in [6.07, 6.45) is 3.99. The average molecular weight is 315 g/mol. The van der Waals surface area contributed by atoms with Crippen LogP contribution in [-0.4, -0.2) is 29.9 Å². The first kappa shape index (κ1) is 16.2. The third-order valence-electron chi connectivity index (χ3n) is 3.91. The smallest absolute Gasteiger partial charge is 0.230 e. The van der Waals surface area contributed by atoms with Crippen LogP contribution in [0.15, 0.2) is 23.1 Å². The van der Waals surface area contributed by atoms with Crippen molar-refractivity contribution in [3.63, 3.8) is 0 Å². The summed E-state index contributed by atoms with van der Waals surface area (Å²) in [4.78, 5) is 12.1. The lowest BCUT2D eigenvalue weighted by atomic mass is 9.87. The number of hydrogen-bond acceptors (Lipinski definition) is 3. The Balaban J connectivity index is 1.79. The third-order valence-corrected chi connectivity index (χ3v) is 4.96. The van der Waals surface area contributed by atoms with Crippen molar-refractivity contribution < 1.29 is 18.7 Å². The van der Waals surface area contributed by atoms with E-state index in [9.17, 15) is 18.7 Å². The molecule has 1 aromatic rings. The number of benzene rings is 1. The van der Waals surface area contributed by atoms with E-state index in [-0.39, 0.29) is 28.6 Å². The van der Waals surface area contributed by atoms with Crippen LogP contribution >= 0.6 is 11.8 Å². The normalized spacial score (nSPS) is 16.9. The van der Waals surface area contributed by atoms with Gasteiger partial charge in [-0.1, -0.05) is 12.8 Å². The Kier molecular flexibility index (Phi) is 5.58. The summed E-state index contributed by atoms with van der Waals surface area (Å²) in [6.45, 7) is 0.530. The molecule has 0 saturated heterocycles. The summed E-state index contributed by atoms with van der Waals surface area (Å²) in [6, 6.07) is 3.30. The van der Waals surface area contributed by atoms with E-state index in [1.807, 2.05) is 0 Å². The second-order valence-electron chi connectivity index (χ2n) is 5.51. The van der Waals surface area contributed by atoms with Crippen LogP contribution in [0, 0.1) is 17.0 Å². The molecule has 2 rings (SSSR count). The zero-order valence-corrected chi connectivity index (χ0v) is 12.5.